The molecule has 0 saturated heterocycles. The number of sulfonamides is 1. The van der Waals surface area contributed by atoms with Crippen LogP contribution in [-0.4, -0.2) is 31.0 Å². The maximum absolute atomic E-state index is 11.9. The van der Waals surface area contributed by atoms with Gasteiger partial charge in [0.1, 0.15) is 0 Å². The number of hydrogen-bond donors (Lipinski definition) is 1. The summed E-state index contributed by atoms with van der Waals surface area (Å²) in [6, 6.07) is 5.54. The number of fused-ring (bicyclic) bond motifs is 1. The van der Waals surface area contributed by atoms with Crippen molar-refractivity contribution < 1.29 is 13.2 Å². The topological polar surface area (TPSA) is 66.5 Å². The number of amides is 1. The Morgan fingerprint density at radius 2 is 2.00 bits per heavy atom. The second kappa shape index (κ2) is 5.44. The number of nitrogens with zero attached hydrogens (tertiary/aromatic N) is 1. The maximum Gasteiger partial charge on any atom is 0.235 e. The quantitative estimate of drug-likeness (QED) is 0.924. The second-order valence-electron chi connectivity index (χ2n) is 5.37. The molecule has 2 rings (SSSR count). The summed E-state index contributed by atoms with van der Waals surface area (Å²) >= 11 is 0. The van der Waals surface area contributed by atoms with E-state index in [2.05, 4.69) is 4.72 Å². The van der Waals surface area contributed by atoms with E-state index in [-0.39, 0.29) is 5.91 Å². The van der Waals surface area contributed by atoms with Crippen LogP contribution in [0.1, 0.15) is 31.9 Å². The van der Waals surface area contributed by atoms with Gasteiger partial charge in [0.25, 0.3) is 0 Å². The fourth-order valence-electron chi connectivity index (χ4n) is 2.17. The van der Waals surface area contributed by atoms with Gasteiger partial charge in [-0.1, -0.05) is 6.07 Å². The lowest BCUT2D eigenvalue weighted by Crippen LogP contribution is -2.34. The average molecular weight is 296 g/mol. The predicted octanol–water partition coefficient (Wildman–Crippen LogP) is 1.74. The van der Waals surface area contributed by atoms with Crippen LogP contribution in [0.4, 0.5) is 5.69 Å². The Morgan fingerprint density at radius 3 is 2.60 bits per heavy atom. The van der Waals surface area contributed by atoms with Gasteiger partial charge in [-0.05, 0) is 43.5 Å². The molecule has 0 aliphatic carbocycles. The monoisotopic (exact) mass is 296 g/mol. The Labute approximate surface area is 120 Å². The molecule has 20 heavy (non-hydrogen) atoms. The summed E-state index contributed by atoms with van der Waals surface area (Å²) in [6.45, 7) is 6.09. The van der Waals surface area contributed by atoms with Crippen molar-refractivity contribution in [1.29, 1.82) is 0 Å². The summed E-state index contributed by atoms with van der Waals surface area (Å²) in [7, 11) is -3.34. The summed E-state index contributed by atoms with van der Waals surface area (Å²) in [5.41, 5.74) is 2.74. The molecule has 5 nitrogen and oxygen atoms in total. The van der Waals surface area contributed by atoms with E-state index in [1.54, 1.807) is 31.7 Å². The van der Waals surface area contributed by atoms with Crippen LogP contribution >= 0.6 is 0 Å². The van der Waals surface area contributed by atoms with Crippen LogP contribution in [0.5, 0.6) is 0 Å². The van der Waals surface area contributed by atoms with Gasteiger partial charge in [0, 0.05) is 25.7 Å². The molecule has 0 unspecified atom stereocenters. The zero-order valence-electron chi connectivity index (χ0n) is 12.0. The standard InChI is InChI=1S/C14H20N2O3S/c1-10(2)20(18,19)15-14-5-4-12-6-7-16(11(3)17)9-13(12)8-14/h4-5,8,10,15H,6-7,9H2,1-3H3. The van der Waals surface area contributed by atoms with Crippen LogP contribution in [0.3, 0.4) is 0 Å². The van der Waals surface area contributed by atoms with Crippen molar-refractivity contribution in [2.75, 3.05) is 11.3 Å². The summed E-state index contributed by atoms with van der Waals surface area (Å²) < 4.78 is 26.3. The first kappa shape index (κ1) is 14.8. The van der Waals surface area contributed by atoms with Crippen molar-refractivity contribution in [2.45, 2.75) is 39.0 Å². The molecule has 0 fully saturated rings. The molecular weight excluding hydrogens is 276 g/mol. The number of hydrogen-bond acceptors (Lipinski definition) is 3. The van der Waals surface area contributed by atoms with Crippen molar-refractivity contribution in [3.63, 3.8) is 0 Å². The van der Waals surface area contributed by atoms with Crippen LogP contribution in [0, 0.1) is 0 Å². The largest absolute Gasteiger partial charge is 0.338 e. The van der Waals surface area contributed by atoms with E-state index < -0.39 is 15.3 Å². The third-order valence-corrected chi connectivity index (χ3v) is 5.31. The van der Waals surface area contributed by atoms with Gasteiger partial charge >= 0.3 is 0 Å². The molecule has 1 heterocycles. The molecule has 0 saturated carbocycles. The minimum atomic E-state index is -3.34. The highest BCUT2D eigenvalue weighted by molar-refractivity contribution is 7.93. The Hall–Kier alpha value is -1.56. The molecule has 1 aromatic rings. The van der Waals surface area contributed by atoms with Gasteiger partial charge < -0.3 is 4.90 Å². The number of rotatable bonds is 3. The first-order valence-corrected chi connectivity index (χ1v) is 8.23. The molecule has 0 spiro atoms. The molecule has 1 aromatic carbocycles. The minimum absolute atomic E-state index is 0.0452. The molecule has 0 aromatic heterocycles. The summed E-state index contributed by atoms with van der Waals surface area (Å²) in [5.74, 6) is 0.0452. The number of benzene rings is 1. The van der Waals surface area contributed by atoms with Gasteiger partial charge in [0.2, 0.25) is 15.9 Å². The van der Waals surface area contributed by atoms with Gasteiger partial charge in [-0.2, -0.15) is 0 Å². The lowest BCUT2D eigenvalue weighted by atomic mass is 9.99. The molecule has 1 amide bonds. The second-order valence-corrected chi connectivity index (χ2v) is 7.61. The maximum atomic E-state index is 11.9. The van der Waals surface area contributed by atoms with Gasteiger partial charge in [0.15, 0.2) is 0 Å². The molecule has 6 heteroatoms. The van der Waals surface area contributed by atoms with Crippen LogP contribution in [0.2, 0.25) is 0 Å². The molecule has 0 bridgehead atoms. The Balaban J connectivity index is 2.24. The summed E-state index contributed by atoms with van der Waals surface area (Å²) in [6.07, 6.45) is 0.812. The average Bonchev–Trinajstić information content (AvgIpc) is 2.37. The van der Waals surface area contributed by atoms with Gasteiger partial charge in [-0.25, -0.2) is 8.42 Å². The van der Waals surface area contributed by atoms with Crippen LogP contribution in [0.15, 0.2) is 18.2 Å². The van der Waals surface area contributed by atoms with Crippen molar-refractivity contribution in [3.05, 3.63) is 29.3 Å². The van der Waals surface area contributed by atoms with E-state index in [9.17, 15) is 13.2 Å². The molecule has 110 valence electrons. The molecule has 1 aliphatic heterocycles. The zero-order valence-corrected chi connectivity index (χ0v) is 12.8. The van der Waals surface area contributed by atoms with E-state index in [1.807, 2.05) is 12.1 Å². The summed E-state index contributed by atoms with van der Waals surface area (Å²) in [5, 5.41) is -0.479. The third kappa shape index (κ3) is 3.12. The number of anilines is 1. The van der Waals surface area contributed by atoms with E-state index in [1.165, 1.54) is 5.56 Å². The molecular formula is C14H20N2O3S. The third-order valence-electron chi connectivity index (χ3n) is 3.54. The van der Waals surface area contributed by atoms with E-state index >= 15 is 0 Å². The van der Waals surface area contributed by atoms with Crippen LogP contribution in [0.25, 0.3) is 0 Å². The van der Waals surface area contributed by atoms with Crippen molar-refractivity contribution in [1.82, 2.24) is 4.90 Å². The van der Waals surface area contributed by atoms with Crippen molar-refractivity contribution in [3.8, 4) is 0 Å². The predicted molar refractivity (Wildman–Crippen MR) is 78.9 cm³/mol. The zero-order chi connectivity index (χ0) is 14.9. The van der Waals surface area contributed by atoms with E-state index in [0.29, 0.717) is 12.2 Å². The van der Waals surface area contributed by atoms with Gasteiger partial charge in [0.05, 0.1) is 5.25 Å². The molecule has 0 atom stereocenters. The van der Waals surface area contributed by atoms with Crippen molar-refractivity contribution in [2.24, 2.45) is 0 Å². The number of carbonyl (C=O) groups is 1. The van der Waals surface area contributed by atoms with E-state index in [0.717, 1.165) is 18.5 Å². The Bertz CT molecular complexity index is 623. The van der Waals surface area contributed by atoms with E-state index in [4.69, 9.17) is 0 Å². The molecule has 1 aliphatic rings. The number of nitrogens with one attached hydrogen (secondary N) is 1. The molecule has 1 N–H and O–H groups in total. The minimum Gasteiger partial charge on any atom is -0.338 e. The molecule has 0 radical (unpaired) electrons. The van der Waals surface area contributed by atoms with Crippen molar-refractivity contribution >= 4 is 21.6 Å². The SMILES string of the molecule is CC(=O)N1CCc2ccc(NS(=O)(=O)C(C)C)cc2C1. The van der Waals surface area contributed by atoms with Gasteiger partial charge in [-0.3, -0.25) is 9.52 Å². The Morgan fingerprint density at radius 1 is 1.30 bits per heavy atom. The summed E-state index contributed by atoms with van der Waals surface area (Å²) in [4.78, 5) is 13.2. The lowest BCUT2D eigenvalue weighted by Gasteiger charge is -2.28. The first-order chi connectivity index (χ1) is 9.29. The smallest absolute Gasteiger partial charge is 0.235 e. The highest BCUT2D eigenvalue weighted by Crippen LogP contribution is 2.23. The van der Waals surface area contributed by atoms with Crippen LogP contribution in [-0.2, 0) is 27.8 Å². The normalized spacial score (nSPS) is 15.1. The Kier molecular flexibility index (Phi) is 4.04. The van der Waals surface area contributed by atoms with Gasteiger partial charge in [-0.15, -0.1) is 0 Å². The first-order valence-electron chi connectivity index (χ1n) is 6.68. The lowest BCUT2D eigenvalue weighted by molar-refractivity contribution is -0.129. The van der Waals surface area contributed by atoms with Crippen LogP contribution < -0.4 is 4.72 Å². The highest BCUT2D eigenvalue weighted by Gasteiger charge is 2.20. The fraction of sp³-hybridized carbons (Fsp3) is 0.500. The fourth-order valence-corrected chi connectivity index (χ4v) is 2.86. The highest BCUT2D eigenvalue weighted by atomic mass is 32.2. The number of carbonyl (C=O) groups excluding carboxylic acids is 1.